The number of anilines is 1. The highest BCUT2D eigenvalue weighted by atomic mass is 32.1. The third kappa shape index (κ3) is 3.79. The molecule has 0 spiro atoms. The fourth-order valence-electron chi connectivity index (χ4n) is 4.85. The van der Waals surface area contributed by atoms with Gasteiger partial charge in [-0.25, -0.2) is 4.98 Å². The SMILES string of the molecule is Cc1cc(C)c2nc(N3C(=O)C(=O)/C(=C(/O)c4ccc5c(c4)OCCO5)[C@@H]3c3cccc(O)c3)sc2c1. The van der Waals surface area contributed by atoms with Crippen LogP contribution in [-0.4, -0.2) is 40.1 Å². The Labute approximate surface area is 216 Å². The molecule has 1 saturated heterocycles. The van der Waals surface area contributed by atoms with Crippen molar-refractivity contribution in [2.24, 2.45) is 0 Å². The molecule has 1 fully saturated rings. The van der Waals surface area contributed by atoms with Gasteiger partial charge in [0.25, 0.3) is 5.78 Å². The molecule has 2 N–H and O–H groups in total. The highest BCUT2D eigenvalue weighted by molar-refractivity contribution is 7.22. The van der Waals surface area contributed by atoms with Crippen molar-refractivity contribution in [1.29, 1.82) is 0 Å². The quantitative estimate of drug-likeness (QED) is 0.225. The van der Waals surface area contributed by atoms with Crippen molar-refractivity contribution < 1.29 is 29.3 Å². The van der Waals surface area contributed by atoms with Crippen molar-refractivity contribution in [2.75, 3.05) is 18.1 Å². The number of thiazole rings is 1. The fourth-order valence-corrected chi connectivity index (χ4v) is 6.02. The summed E-state index contributed by atoms with van der Waals surface area (Å²) in [7, 11) is 0. The van der Waals surface area contributed by atoms with Gasteiger partial charge in [0, 0.05) is 5.56 Å². The second-order valence-corrected chi connectivity index (χ2v) is 10.1. The van der Waals surface area contributed by atoms with E-state index in [0.717, 1.165) is 21.3 Å². The third-order valence-electron chi connectivity index (χ3n) is 6.47. The van der Waals surface area contributed by atoms with E-state index in [0.29, 0.717) is 41.0 Å². The van der Waals surface area contributed by atoms with E-state index in [1.807, 2.05) is 26.0 Å². The number of amides is 1. The van der Waals surface area contributed by atoms with Crippen molar-refractivity contribution in [3.05, 3.63) is 82.4 Å². The molecule has 37 heavy (non-hydrogen) atoms. The minimum absolute atomic E-state index is 0.0295. The number of hydrogen-bond acceptors (Lipinski definition) is 8. The molecule has 6 rings (SSSR count). The Hall–Kier alpha value is -4.37. The van der Waals surface area contributed by atoms with E-state index < -0.39 is 17.7 Å². The van der Waals surface area contributed by atoms with Crippen LogP contribution in [0.4, 0.5) is 5.13 Å². The van der Waals surface area contributed by atoms with E-state index in [2.05, 4.69) is 0 Å². The first-order chi connectivity index (χ1) is 17.8. The minimum Gasteiger partial charge on any atom is -0.508 e. The molecule has 186 valence electrons. The molecule has 0 aliphatic carbocycles. The first kappa shape index (κ1) is 23.1. The van der Waals surface area contributed by atoms with Crippen LogP contribution in [0, 0.1) is 13.8 Å². The first-order valence-corrected chi connectivity index (χ1v) is 12.5. The lowest BCUT2D eigenvalue weighted by atomic mass is 9.95. The van der Waals surface area contributed by atoms with Crippen molar-refractivity contribution in [3.8, 4) is 17.2 Å². The number of benzene rings is 3. The summed E-state index contributed by atoms with van der Waals surface area (Å²) in [5.41, 5.74) is 3.44. The van der Waals surface area contributed by atoms with Gasteiger partial charge >= 0.3 is 5.91 Å². The molecule has 3 aromatic carbocycles. The monoisotopic (exact) mass is 514 g/mol. The molecular formula is C28H22N2O6S. The van der Waals surface area contributed by atoms with E-state index in [4.69, 9.17) is 14.5 Å². The van der Waals surface area contributed by atoms with Gasteiger partial charge in [-0.15, -0.1) is 0 Å². The van der Waals surface area contributed by atoms with Gasteiger partial charge in [0.2, 0.25) is 0 Å². The zero-order valence-corrected chi connectivity index (χ0v) is 20.8. The van der Waals surface area contributed by atoms with E-state index in [1.54, 1.807) is 30.3 Å². The van der Waals surface area contributed by atoms with Crippen LogP contribution in [0.3, 0.4) is 0 Å². The Morgan fingerprint density at radius 1 is 1.03 bits per heavy atom. The van der Waals surface area contributed by atoms with Crippen LogP contribution >= 0.6 is 11.3 Å². The van der Waals surface area contributed by atoms with Crippen LogP contribution in [0.5, 0.6) is 17.2 Å². The number of aryl methyl sites for hydroxylation is 2. The van der Waals surface area contributed by atoms with Gasteiger partial charge in [-0.1, -0.05) is 29.5 Å². The van der Waals surface area contributed by atoms with E-state index in [9.17, 15) is 19.8 Å². The van der Waals surface area contributed by atoms with Gasteiger partial charge in [-0.05, 0) is 66.9 Å². The molecule has 3 heterocycles. The lowest BCUT2D eigenvalue weighted by Crippen LogP contribution is -2.29. The Balaban J connectivity index is 1.55. The summed E-state index contributed by atoms with van der Waals surface area (Å²) in [5, 5.41) is 21.9. The van der Waals surface area contributed by atoms with Crippen molar-refractivity contribution in [2.45, 2.75) is 19.9 Å². The summed E-state index contributed by atoms with van der Waals surface area (Å²) in [6.07, 6.45) is 0. The Bertz CT molecular complexity index is 1640. The van der Waals surface area contributed by atoms with Crippen molar-refractivity contribution in [1.82, 2.24) is 4.98 Å². The number of aliphatic hydroxyl groups is 1. The number of hydrogen-bond donors (Lipinski definition) is 2. The molecule has 2 aliphatic heterocycles. The number of phenolic OH excluding ortho intramolecular Hbond substituents is 1. The molecule has 1 amide bonds. The number of aromatic nitrogens is 1. The predicted octanol–water partition coefficient (Wildman–Crippen LogP) is 5.02. The number of nitrogens with zero attached hydrogens (tertiary/aromatic N) is 2. The molecule has 0 unspecified atom stereocenters. The number of ketones is 1. The maximum Gasteiger partial charge on any atom is 0.301 e. The molecule has 4 aromatic rings. The molecule has 1 aromatic heterocycles. The summed E-state index contributed by atoms with van der Waals surface area (Å²) in [5.74, 6) is -1.05. The van der Waals surface area contributed by atoms with Gasteiger partial charge in [-0.3, -0.25) is 14.5 Å². The number of carbonyl (C=O) groups is 2. The lowest BCUT2D eigenvalue weighted by molar-refractivity contribution is -0.132. The number of rotatable bonds is 3. The van der Waals surface area contributed by atoms with Gasteiger partial charge < -0.3 is 19.7 Å². The predicted molar refractivity (Wildman–Crippen MR) is 139 cm³/mol. The average Bonchev–Trinajstić information content (AvgIpc) is 3.42. The summed E-state index contributed by atoms with van der Waals surface area (Å²) in [4.78, 5) is 32.9. The molecule has 1 atom stereocenters. The van der Waals surface area contributed by atoms with Crippen LogP contribution in [-0.2, 0) is 9.59 Å². The second-order valence-electron chi connectivity index (χ2n) is 9.05. The van der Waals surface area contributed by atoms with Crippen LogP contribution in [0.2, 0.25) is 0 Å². The normalized spacial score (nSPS) is 18.5. The Kier molecular flexibility index (Phi) is 5.38. The smallest absolute Gasteiger partial charge is 0.301 e. The minimum atomic E-state index is -0.998. The molecule has 9 heteroatoms. The molecule has 8 nitrogen and oxygen atoms in total. The van der Waals surface area contributed by atoms with Crippen molar-refractivity contribution in [3.63, 3.8) is 0 Å². The topological polar surface area (TPSA) is 109 Å². The zero-order chi connectivity index (χ0) is 25.8. The number of aliphatic hydroxyl groups excluding tert-OH is 1. The zero-order valence-electron chi connectivity index (χ0n) is 20.0. The van der Waals surface area contributed by atoms with Gasteiger partial charge in [-0.2, -0.15) is 0 Å². The van der Waals surface area contributed by atoms with E-state index in [1.165, 1.54) is 28.4 Å². The van der Waals surface area contributed by atoms with Crippen molar-refractivity contribution >= 4 is 44.1 Å². The molecule has 2 aliphatic rings. The van der Waals surface area contributed by atoms with Gasteiger partial charge in [0.1, 0.15) is 24.7 Å². The number of aromatic hydroxyl groups is 1. The van der Waals surface area contributed by atoms with Crippen LogP contribution in [0.15, 0.2) is 60.2 Å². The van der Waals surface area contributed by atoms with Crippen LogP contribution in [0.1, 0.15) is 28.3 Å². The van der Waals surface area contributed by atoms with E-state index >= 15 is 0 Å². The van der Waals surface area contributed by atoms with E-state index in [-0.39, 0.29) is 17.1 Å². The average molecular weight is 515 g/mol. The number of fused-ring (bicyclic) bond motifs is 2. The van der Waals surface area contributed by atoms with Crippen LogP contribution in [0.25, 0.3) is 16.0 Å². The standard InChI is InChI=1S/C28H22N2O6S/c1-14-10-15(2)23-21(11-14)37-28(29-23)30-24(16-4-3-5-18(31)12-16)22(26(33)27(30)34)25(32)17-6-7-19-20(13-17)36-9-8-35-19/h3-7,10-13,24,31-32H,8-9H2,1-2H3/b25-22+/t24-/m0/s1. The lowest BCUT2D eigenvalue weighted by Gasteiger charge is -2.23. The summed E-state index contributed by atoms with van der Waals surface area (Å²) in [6.45, 7) is 4.71. The summed E-state index contributed by atoms with van der Waals surface area (Å²) in [6, 6.07) is 14.1. The maximum atomic E-state index is 13.5. The highest BCUT2D eigenvalue weighted by Gasteiger charge is 2.48. The summed E-state index contributed by atoms with van der Waals surface area (Å²) >= 11 is 1.30. The Morgan fingerprint density at radius 2 is 1.81 bits per heavy atom. The second kappa shape index (κ2) is 8.63. The third-order valence-corrected chi connectivity index (χ3v) is 7.47. The number of ether oxygens (including phenoxy) is 2. The number of phenols is 1. The largest absolute Gasteiger partial charge is 0.508 e. The Morgan fingerprint density at radius 3 is 2.59 bits per heavy atom. The number of carbonyl (C=O) groups excluding carboxylic acids is 2. The fraction of sp³-hybridized carbons (Fsp3) is 0.179. The first-order valence-electron chi connectivity index (χ1n) is 11.7. The highest BCUT2D eigenvalue weighted by Crippen LogP contribution is 2.45. The number of Topliss-reactive ketones (excluding diaryl/α,β-unsaturated/α-hetero) is 1. The molecule has 0 radical (unpaired) electrons. The summed E-state index contributed by atoms with van der Waals surface area (Å²) < 4.78 is 12.1. The maximum absolute atomic E-state index is 13.5. The van der Waals surface area contributed by atoms with Gasteiger partial charge in [0.05, 0.1) is 21.8 Å². The van der Waals surface area contributed by atoms with Crippen LogP contribution < -0.4 is 14.4 Å². The van der Waals surface area contributed by atoms with Gasteiger partial charge in [0.15, 0.2) is 16.6 Å². The molecule has 0 bridgehead atoms. The molecule has 0 saturated carbocycles. The molecular weight excluding hydrogens is 492 g/mol.